The van der Waals surface area contributed by atoms with Gasteiger partial charge in [0.15, 0.2) is 5.82 Å². The fraction of sp³-hybridized carbons (Fsp3) is 0.727. The first-order valence-corrected chi connectivity index (χ1v) is 5.83. The summed E-state index contributed by atoms with van der Waals surface area (Å²) in [7, 11) is 0. The second kappa shape index (κ2) is 4.63. The molecule has 1 fully saturated rings. The average molecular weight is 222 g/mol. The normalized spacial score (nSPS) is 16.4. The average Bonchev–Trinajstić information content (AvgIpc) is 2.77. The Balaban J connectivity index is 1.94. The Bertz CT molecular complexity index is 372. The van der Waals surface area contributed by atoms with Gasteiger partial charge in [0, 0.05) is 19.4 Å². The molecule has 2 heterocycles. The second-order valence-corrected chi connectivity index (χ2v) is 4.72. The second-order valence-electron chi connectivity index (χ2n) is 4.72. The lowest BCUT2D eigenvalue weighted by molar-refractivity contribution is -0.128. The smallest absolute Gasteiger partial charge is 0.223 e. The lowest BCUT2D eigenvalue weighted by Gasteiger charge is -2.12. The van der Waals surface area contributed by atoms with Crippen LogP contribution >= 0.6 is 0 Å². The molecule has 0 aromatic carbocycles. The summed E-state index contributed by atoms with van der Waals surface area (Å²) >= 11 is 0. The van der Waals surface area contributed by atoms with Crippen LogP contribution in [0.5, 0.6) is 0 Å². The lowest BCUT2D eigenvalue weighted by atomic mass is 10.1. The van der Waals surface area contributed by atoms with Gasteiger partial charge in [-0.05, 0) is 12.3 Å². The number of nitrogens with zero attached hydrogens (tertiary/aromatic N) is 3. The van der Waals surface area contributed by atoms with Crippen molar-refractivity contribution in [2.75, 3.05) is 6.54 Å². The molecule has 0 radical (unpaired) electrons. The number of rotatable bonds is 4. The summed E-state index contributed by atoms with van der Waals surface area (Å²) in [5, 5.41) is 7.05. The number of aromatic nitrogens is 3. The quantitative estimate of drug-likeness (QED) is 0.830. The molecule has 0 saturated carbocycles. The number of aromatic amines is 1. The summed E-state index contributed by atoms with van der Waals surface area (Å²) < 4.78 is 0. The third-order valence-corrected chi connectivity index (χ3v) is 2.68. The zero-order valence-corrected chi connectivity index (χ0v) is 9.86. The maximum absolute atomic E-state index is 11.4. The van der Waals surface area contributed by atoms with E-state index in [1.165, 1.54) is 0 Å². The number of nitrogens with one attached hydrogen (secondary N) is 1. The van der Waals surface area contributed by atoms with Crippen LogP contribution in [0.4, 0.5) is 0 Å². The first-order valence-electron chi connectivity index (χ1n) is 5.83. The van der Waals surface area contributed by atoms with Gasteiger partial charge in [-0.2, -0.15) is 5.10 Å². The van der Waals surface area contributed by atoms with E-state index in [1.54, 1.807) is 0 Å². The van der Waals surface area contributed by atoms with Crippen molar-refractivity contribution in [1.29, 1.82) is 0 Å². The van der Waals surface area contributed by atoms with Crippen LogP contribution in [-0.2, 0) is 17.8 Å². The van der Waals surface area contributed by atoms with Crippen molar-refractivity contribution < 1.29 is 4.79 Å². The highest BCUT2D eigenvalue weighted by Crippen LogP contribution is 2.12. The van der Waals surface area contributed by atoms with E-state index in [4.69, 9.17) is 0 Å². The third-order valence-electron chi connectivity index (χ3n) is 2.68. The van der Waals surface area contributed by atoms with Crippen molar-refractivity contribution in [3.05, 3.63) is 11.6 Å². The molecule has 2 rings (SSSR count). The van der Waals surface area contributed by atoms with Crippen LogP contribution in [0.1, 0.15) is 38.3 Å². The third kappa shape index (κ3) is 2.59. The van der Waals surface area contributed by atoms with Crippen molar-refractivity contribution in [1.82, 2.24) is 20.1 Å². The molecule has 1 saturated heterocycles. The number of carbonyl (C=O) groups excluding carboxylic acids is 1. The van der Waals surface area contributed by atoms with Crippen LogP contribution in [0.15, 0.2) is 0 Å². The molecule has 1 aliphatic rings. The van der Waals surface area contributed by atoms with E-state index < -0.39 is 0 Å². The van der Waals surface area contributed by atoms with Gasteiger partial charge in [-0.15, -0.1) is 0 Å². The molecule has 1 aromatic heterocycles. The summed E-state index contributed by atoms with van der Waals surface area (Å²) in [6, 6.07) is 0. The van der Waals surface area contributed by atoms with Crippen LogP contribution in [0, 0.1) is 5.92 Å². The molecule has 88 valence electrons. The Morgan fingerprint density at radius 3 is 2.94 bits per heavy atom. The molecular weight excluding hydrogens is 204 g/mol. The molecule has 0 aliphatic carbocycles. The fourth-order valence-corrected chi connectivity index (χ4v) is 1.91. The van der Waals surface area contributed by atoms with Crippen molar-refractivity contribution in [2.24, 2.45) is 5.92 Å². The van der Waals surface area contributed by atoms with E-state index >= 15 is 0 Å². The fourth-order valence-electron chi connectivity index (χ4n) is 1.91. The van der Waals surface area contributed by atoms with E-state index in [0.717, 1.165) is 31.0 Å². The van der Waals surface area contributed by atoms with Gasteiger partial charge in [0.2, 0.25) is 5.91 Å². The van der Waals surface area contributed by atoms with Gasteiger partial charge in [0.05, 0.1) is 6.54 Å². The number of hydrogen-bond donors (Lipinski definition) is 1. The molecule has 1 aliphatic heterocycles. The molecule has 1 aromatic rings. The maximum atomic E-state index is 11.4. The van der Waals surface area contributed by atoms with Crippen molar-refractivity contribution in [3.63, 3.8) is 0 Å². The maximum Gasteiger partial charge on any atom is 0.223 e. The lowest BCUT2D eigenvalue weighted by Crippen LogP contribution is -2.24. The van der Waals surface area contributed by atoms with Crippen LogP contribution in [0.3, 0.4) is 0 Å². The number of likely N-dealkylation sites (tertiary alicyclic amines) is 1. The first kappa shape index (κ1) is 11.1. The number of H-pyrrole nitrogens is 1. The molecule has 1 N–H and O–H groups in total. The van der Waals surface area contributed by atoms with Crippen LogP contribution < -0.4 is 0 Å². The van der Waals surface area contributed by atoms with Gasteiger partial charge in [0.1, 0.15) is 5.82 Å². The number of carbonyl (C=O) groups is 1. The molecule has 5 heteroatoms. The summed E-state index contributed by atoms with van der Waals surface area (Å²) in [5.74, 6) is 2.42. The van der Waals surface area contributed by atoms with Gasteiger partial charge >= 0.3 is 0 Å². The first-order chi connectivity index (χ1) is 7.65. The van der Waals surface area contributed by atoms with Gasteiger partial charge in [0.25, 0.3) is 0 Å². The molecule has 0 atom stereocenters. The highest BCUT2D eigenvalue weighted by atomic mass is 16.2. The van der Waals surface area contributed by atoms with Crippen LogP contribution in [0.25, 0.3) is 0 Å². The SMILES string of the molecule is CC(C)Cc1n[nH]c(CN2CCCC2=O)n1. The van der Waals surface area contributed by atoms with Gasteiger partial charge in [-0.25, -0.2) is 4.98 Å². The molecule has 1 amide bonds. The molecule has 0 unspecified atom stereocenters. The van der Waals surface area contributed by atoms with Gasteiger partial charge in [-0.3, -0.25) is 9.89 Å². The predicted molar refractivity (Wildman–Crippen MR) is 59.6 cm³/mol. The zero-order chi connectivity index (χ0) is 11.5. The molecule has 0 bridgehead atoms. The Labute approximate surface area is 95.2 Å². The summed E-state index contributed by atoms with van der Waals surface area (Å²) in [6.45, 7) is 5.70. The number of amides is 1. The highest BCUT2D eigenvalue weighted by Gasteiger charge is 2.21. The topological polar surface area (TPSA) is 61.9 Å². The van der Waals surface area contributed by atoms with Crippen molar-refractivity contribution >= 4 is 5.91 Å². The van der Waals surface area contributed by atoms with E-state index in [2.05, 4.69) is 29.0 Å². The summed E-state index contributed by atoms with van der Waals surface area (Å²) in [4.78, 5) is 17.6. The monoisotopic (exact) mass is 222 g/mol. The van der Waals surface area contributed by atoms with E-state index in [9.17, 15) is 4.79 Å². The minimum atomic E-state index is 0.224. The minimum absolute atomic E-state index is 0.224. The predicted octanol–water partition coefficient (Wildman–Crippen LogP) is 1.13. The number of hydrogen-bond acceptors (Lipinski definition) is 3. The Hall–Kier alpha value is -1.39. The minimum Gasteiger partial charge on any atom is -0.335 e. The van der Waals surface area contributed by atoms with Crippen LogP contribution in [-0.4, -0.2) is 32.5 Å². The largest absolute Gasteiger partial charge is 0.335 e. The summed E-state index contributed by atoms with van der Waals surface area (Å²) in [6.07, 6.45) is 2.52. The van der Waals surface area contributed by atoms with Crippen molar-refractivity contribution in [3.8, 4) is 0 Å². The van der Waals surface area contributed by atoms with E-state index in [-0.39, 0.29) is 5.91 Å². The molecule has 16 heavy (non-hydrogen) atoms. The van der Waals surface area contributed by atoms with E-state index in [1.807, 2.05) is 4.90 Å². The van der Waals surface area contributed by atoms with Gasteiger partial charge in [-0.1, -0.05) is 13.8 Å². The molecule has 0 spiro atoms. The summed E-state index contributed by atoms with van der Waals surface area (Å²) in [5.41, 5.74) is 0. The molecular formula is C11H18N4O. The highest BCUT2D eigenvalue weighted by molar-refractivity contribution is 5.77. The zero-order valence-electron chi connectivity index (χ0n) is 9.86. The Morgan fingerprint density at radius 2 is 2.31 bits per heavy atom. The van der Waals surface area contributed by atoms with Gasteiger partial charge < -0.3 is 4.90 Å². The molecule has 5 nitrogen and oxygen atoms in total. The van der Waals surface area contributed by atoms with E-state index in [0.29, 0.717) is 18.9 Å². The van der Waals surface area contributed by atoms with Crippen LogP contribution in [0.2, 0.25) is 0 Å². The Kier molecular flexibility index (Phi) is 3.22. The van der Waals surface area contributed by atoms with Crippen molar-refractivity contribution in [2.45, 2.75) is 39.7 Å². The Morgan fingerprint density at radius 1 is 1.50 bits per heavy atom. The standard InChI is InChI=1S/C11H18N4O/c1-8(2)6-9-12-10(14-13-9)7-15-5-3-4-11(15)16/h8H,3-7H2,1-2H3,(H,12,13,14).